The van der Waals surface area contributed by atoms with E-state index in [1.54, 1.807) is 0 Å². The number of non-ortho nitro benzene ring substituents is 1. The number of halogens is 1. The quantitative estimate of drug-likeness (QED) is 0.278. The van der Waals surface area contributed by atoms with Crippen LogP contribution in [-0.4, -0.2) is 18.0 Å². The molecule has 0 saturated heterocycles. The minimum absolute atomic E-state index is 0.0598. The number of carbonyl (C=O) groups is 1. The number of methoxy groups -OCH3 is 1. The van der Waals surface area contributed by atoms with Crippen LogP contribution in [0.15, 0.2) is 48.5 Å². The monoisotopic (exact) mass is 317 g/mol. The van der Waals surface area contributed by atoms with Crippen LogP contribution in [0, 0.1) is 15.9 Å². The van der Waals surface area contributed by atoms with Gasteiger partial charge in [0.05, 0.1) is 18.1 Å². The maximum absolute atomic E-state index is 12.8. The highest BCUT2D eigenvalue weighted by Crippen LogP contribution is 2.31. The van der Waals surface area contributed by atoms with Crippen LogP contribution < -0.4 is 9.47 Å². The molecule has 0 atom stereocenters. The van der Waals surface area contributed by atoms with E-state index in [1.807, 2.05) is 0 Å². The first-order valence-corrected chi connectivity index (χ1v) is 6.47. The molecule has 0 radical (unpaired) electrons. The van der Waals surface area contributed by atoms with Gasteiger partial charge in [0.25, 0.3) is 5.69 Å². The third-order valence-corrected chi connectivity index (χ3v) is 2.85. The third-order valence-electron chi connectivity index (χ3n) is 2.85. The number of benzene rings is 2. The second kappa shape index (κ2) is 7.17. The van der Waals surface area contributed by atoms with Crippen molar-refractivity contribution in [2.45, 2.75) is 0 Å². The summed E-state index contributed by atoms with van der Waals surface area (Å²) < 4.78 is 22.8. The van der Waals surface area contributed by atoms with Gasteiger partial charge >= 0.3 is 5.97 Å². The predicted molar refractivity (Wildman–Crippen MR) is 80.7 cm³/mol. The van der Waals surface area contributed by atoms with E-state index in [4.69, 9.17) is 9.47 Å². The molecule has 0 aliphatic rings. The maximum atomic E-state index is 12.8. The summed E-state index contributed by atoms with van der Waals surface area (Å²) in [4.78, 5) is 21.9. The van der Waals surface area contributed by atoms with Crippen LogP contribution in [0.3, 0.4) is 0 Å². The molecule has 2 rings (SSSR count). The van der Waals surface area contributed by atoms with Gasteiger partial charge < -0.3 is 9.47 Å². The summed E-state index contributed by atoms with van der Waals surface area (Å²) in [5.74, 6) is -0.992. The number of nitro benzene ring substituents is 1. The van der Waals surface area contributed by atoms with E-state index in [1.165, 1.54) is 49.6 Å². The Balaban J connectivity index is 2.14. The van der Waals surface area contributed by atoms with Gasteiger partial charge in [-0.05, 0) is 29.8 Å². The largest absolute Gasteiger partial charge is 0.493 e. The standard InChI is InChI=1S/C16H12FNO5/c1-22-14-8-7-13(18(20)21)10-15(14)23-16(19)9-4-11-2-5-12(17)6-3-11/h2-10H,1H3/b9-4+. The number of esters is 1. The molecule has 0 fully saturated rings. The summed E-state index contributed by atoms with van der Waals surface area (Å²) in [6, 6.07) is 9.18. The molecular formula is C16H12FNO5. The van der Waals surface area contributed by atoms with Crippen molar-refractivity contribution in [3.05, 3.63) is 70.0 Å². The summed E-state index contributed by atoms with van der Waals surface area (Å²) in [6.07, 6.45) is 2.57. The smallest absolute Gasteiger partial charge is 0.336 e. The van der Waals surface area contributed by atoms with Crippen molar-refractivity contribution < 1.29 is 23.6 Å². The van der Waals surface area contributed by atoms with Crippen LogP contribution in [0.25, 0.3) is 6.08 Å². The van der Waals surface area contributed by atoms with Crippen LogP contribution in [0.5, 0.6) is 11.5 Å². The fourth-order valence-electron chi connectivity index (χ4n) is 1.74. The lowest BCUT2D eigenvalue weighted by molar-refractivity contribution is -0.384. The maximum Gasteiger partial charge on any atom is 0.336 e. The summed E-state index contributed by atoms with van der Waals surface area (Å²) in [7, 11) is 1.35. The van der Waals surface area contributed by atoms with Crippen molar-refractivity contribution in [1.82, 2.24) is 0 Å². The second-order valence-electron chi connectivity index (χ2n) is 4.40. The first-order chi connectivity index (χ1) is 11.0. The average molecular weight is 317 g/mol. The molecule has 0 saturated carbocycles. The molecule has 0 N–H and O–H groups in total. The number of nitrogens with zero attached hydrogens (tertiary/aromatic N) is 1. The Hall–Kier alpha value is -3.22. The van der Waals surface area contributed by atoms with Gasteiger partial charge in [0.2, 0.25) is 0 Å². The molecule has 0 aliphatic heterocycles. The number of hydrogen-bond acceptors (Lipinski definition) is 5. The molecule has 6 nitrogen and oxygen atoms in total. The van der Waals surface area contributed by atoms with Crippen molar-refractivity contribution >= 4 is 17.7 Å². The molecule has 0 unspecified atom stereocenters. The minimum Gasteiger partial charge on any atom is -0.493 e. The second-order valence-corrected chi connectivity index (χ2v) is 4.40. The fourth-order valence-corrected chi connectivity index (χ4v) is 1.74. The van der Waals surface area contributed by atoms with Crippen molar-refractivity contribution in [3.63, 3.8) is 0 Å². The zero-order valence-electron chi connectivity index (χ0n) is 12.1. The lowest BCUT2D eigenvalue weighted by atomic mass is 10.2. The number of nitro groups is 1. The van der Waals surface area contributed by atoms with Crippen molar-refractivity contribution in [2.75, 3.05) is 7.11 Å². The van der Waals surface area contributed by atoms with E-state index in [2.05, 4.69) is 0 Å². The lowest BCUT2D eigenvalue weighted by Gasteiger charge is -2.07. The molecule has 23 heavy (non-hydrogen) atoms. The Morgan fingerprint density at radius 1 is 1.17 bits per heavy atom. The molecule has 118 valence electrons. The Kier molecular flexibility index (Phi) is 5.03. The Morgan fingerprint density at radius 3 is 2.48 bits per heavy atom. The summed E-state index contributed by atoms with van der Waals surface area (Å²) in [5.41, 5.74) is 0.380. The van der Waals surface area contributed by atoms with Gasteiger partial charge in [0, 0.05) is 12.1 Å². The van der Waals surface area contributed by atoms with Gasteiger partial charge in [0.1, 0.15) is 5.82 Å². The normalized spacial score (nSPS) is 10.5. The molecule has 7 heteroatoms. The third kappa shape index (κ3) is 4.37. The van der Waals surface area contributed by atoms with Gasteiger partial charge in [-0.25, -0.2) is 9.18 Å². The highest BCUT2D eigenvalue weighted by Gasteiger charge is 2.14. The SMILES string of the molecule is COc1ccc([N+](=O)[O-])cc1OC(=O)/C=C/c1ccc(F)cc1. The van der Waals surface area contributed by atoms with Crippen LogP contribution in [0.1, 0.15) is 5.56 Å². The Morgan fingerprint density at radius 2 is 1.87 bits per heavy atom. The zero-order chi connectivity index (χ0) is 16.8. The molecule has 0 aromatic heterocycles. The molecule has 2 aromatic carbocycles. The van der Waals surface area contributed by atoms with E-state index in [0.29, 0.717) is 5.56 Å². The van der Waals surface area contributed by atoms with Gasteiger partial charge in [-0.3, -0.25) is 10.1 Å². The van der Waals surface area contributed by atoms with E-state index >= 15 is 0 Å². The molecular weight excluding hydrogens is 305 g/mol. The lowest BCUT2D eigenvalue weighted by Crippen LogP contribution is -2.05. The highest BCUT2D eigenvalue weighted by molar-refractivity contribution is 5.89. The van der Waals surface area contributed by atoms with Crippen molar-refractivity contribution in [1.29, 1.82) is 0 Å². The molecule has 0 amide bonds. The van der Waals surface area contributed by atoms with Gasteiger partial charge in [-0.15, -0.1) is 0 Å². The Bertz CT molecular complexity index is 756. The minimum atomic E-state index is -0.742. The van der Waals surface area contributed by atoms with Crippen LogP contribution >= 0.6 is 0 Å². The first kappa shape index (κ1) is 16.2. The summed E-state index contributed by atoms with van der Waals surface area (Å²) in [5, 5.41) is 10.8. The van der Waals surface area contributed by atoms with Crippen LogP contribution in [0.2, 0.25) is 0 Å². The first-order valence-electron chi connectivity index (χ1n) is 6.47. The topological polar surface area (TPSA) is 78.7 Å². The number of carbonyl (C=O) groups excluding carboxylic acids is 1. The Labute approximate surface area is 130 Å². The molecule has 0 bridgehead atoms. The van der Waals surface area contributed by atoms with Gasteiger partial charge in [-0.1, -0.05) is 12.1 Å². The van der Waals surface area contributed by atoms with Gasteiger partial charge in [0.15, 0.2) is 11.5 Å². The molecule has 2 aromatic rings. The van der Waals surface area contributed by atoms with E-state index in [-0.39, 0.29) is 23.0 Å². The van der Waals surface area contributed by atoms with E-state index in [9.17, 15) is 19.3 Å². The van der Waals surface area contributed by atoms with Crippen molar-refractivity contribution in [2.24, 2.45) is 0 Å². The average Bonchev–Trinajstić information content (AvgIpc) is 2.54. The number of hydrogen-bond donors (Lipinski definition) is 0. The highest BCUT2D eigenvalue weighted by atomic mass is 19.1. The van der Waals surface area contributed by atoms with E-state index < -0.39 is 10.9 Å². The molecule has 0 heterocycles. The van der Waals surface area contributed by atoms with Crippen LogP contribution in [0.4, 0.5) is 10.1 Å². The van der Waals surface area contributed by atoms with Gasteiger partial charge in [-0.2, -0.15) is 0 Å². The fraction of sp³-hybridized carbons (Fsp3) is 0.0625. The van der Waals surface area contributed by atoms with Crippen molar-refractivity contribution in [3.8, 4) is 11.5 Å². The van der Waals surface area contributed by atoms with Crippen LogP contribution in [-0.2, 0) is 4.79 Å². The molecule has 0 aliphatic carbocycles. The van der Waals surface area contributed by atoms with E-state index in [0.717, 1.165) is 12.1 Å². The summed E-state index contributed by atoms with van der Waals surface area (Å²) in [6.45, 7) is 0. The number of rotatable bonds is 5. The zero-order valence-corrected chi connectivity index (χ0v) is 12.1. The number of ether oxygens (including phenoxy) is 2. The predicted octanol–water partition coefficient (Wildman–Crippen LogP) is 3.36. The summed E-state index contributed by atoms with van der Waals surface area (Å²) >= 11 is 0. The molecule has 0 spiro atoms.